The number of cyclic esters (lactones) is 1. The third-order valence-electron chi connectivity index (χ3n) is 1.82. The fraction of sp³-hybridized carbons (Fsp3) is 0.556. The fourth-order valence-corrected chi connectivity index (χ4v) is 1.13. The maximum atomic E-state index is 10.8. The number of esters is 2. The first-order chi connectivity index (χ1) is 6.22. The van der Waals surface area contributed by atoms with Gasteiger partial charge in [-0.05, 0) is 6.42 Å². The van der Waals surface area contributed by atoms with E-state index < -0.39 is 5.97 Å². The Kier molecular flexibility index (Phi) is 3.49. The Morgan fingerprint density at radius 2 is 2.38 bits per heavy atom. The van der Waals surface area contributed by atoms with Gasteiger partial charge in [0.2, 0.25) is 0 Å². The van der Waals surface area contributed by atoms with Crippen LogP contribution in [-0.2, 0) is 19.1 Å². The Morgan fingerprint density at radius 1 is 1.62 bits per heavy atom. The van der Waals surface area contributed by atoms with Crippen LogP contribution in [0, 0.1) is 0 Å². The van der Waals surface area contributed by atoms with Gasteiger partial charge in [-0.15, -0.1) is 0 Å². The van der Waals surface area contributed by atoms with Gasteiger partial charge in [-0.2, -0.15) is 0 Å². The molecule has 0 amide bonds. The van der Waals surface area contributed by atoms with Gasteiger partial charge in [0.05, 0.1) is 6.61 Å². The van der Waals surface area contributed by atoms with Crippen molar-refractivity contribution in [3.63, 3.8) is 0 Å². The highest BCUT2D eigenvalue weighted by atomic mass is 16.6. The molecular weight excluding hydrogens is 172 g/mol. The highest BCUT2D eigenvalue weighted by Crippen LogP contribution is 2.12. The van der Waals surface area contributed by atoms with Crippen molar-refractivity contribution in [2.45, 2.75) is 25.4 Å². The summed E-state index contributed by atoms with van der Waals surface area (Å²) in [5.74, 6) is -0.670. The SMILES string of the molecule is C=CC(=O)OC1CCOC(=O)CC1. The molecule has 0 aromatic rings. The lowest BCUT2D eigenvalue weighted by Crippen LogP contribution is -2.16. The molecule has 1 aliphatic rings. The zero-order valence-corrected chi connectivity index (χ0v) is 7.32. The standard InChI is InChI=1S/C9H12O4/c1-2-8(10)13-7-3-4-9(11)12-6-5-7/h2,7H,1,3-6H2. The Bertz CT molecular complexity index is 222. The van der Waals surface area contributed by atoms with Crippen molar-refractivity contribution < 1.29 is 19.1 Å². The lowest BCUT2D eigenvalue weighted by Gasteiger charge is -2.11. The molecule has 4 heteroatoms. The number of ether oxygens (including phenoxy) is 2. The predicted molar refractivity (Wildman–Crippen MR) is 44.9 cm³/mol. The highest BCUT2D eigenvalue weighted by Gasteiger charge is 2.19. The van der Waals surface area contributed by atoms with Crippen LogP contribution in [0.5, 0.6) is 0 Å². The second-order valence-corrected chi connectivity index (χ2v) is 2.81. The van der Waals surface area contributed by atoms with Gasteiger partial charge in [-0.3, -0.25) is 4.79 Å². The van der Waals surface area contributed by atoms with E-state index in [-0.39, 0.29) is 12.1 Å². The van der Waals surface area contributed by atoms with Gasteiger partial charge >= 0.3 is 11.9 Å². The second-order valence-electron chi connectivity index (χ2n) is 2.81. The van der Waals surface area contributed by atoms with Gasteiger partial charge in [-0.25, -0.2) is 4.79 Å². The summed E-state index contributed by atoms with van der Waals surface area (Å²) in [5, 5.41) is 0. The molecule has 1 rings (SSSR count). The van der Waals surface area contributed by atoms with Crippen molar-refractivity contribution in [3.8, 4) is 0 Å². The number of carbonyl (C=O) groups excluding carboxylic acids is 2. The molecule has 0 saturated carbocycles. The summed E-state index contributed by atoms with van der Waals surface area (Å²) >= 11 is 0. The minimum atomic E-state index is -0.445. The molecule has 0 aliphatic carbocycles. The zero-order valence-electron chi connectivity index (χ0n) is 7.32. The van der Waals surface area contributed by atoms with Crippen LogP contribution in [-0.4, -0.2) is 24.6 Å². The minimum Gasteiger partial charge on any atom is -0.466 e. The predicted octanol–water partition coefficient (Wildman–Crippen LogP) is 0.811. The number of hydrogen-bond donors (Lipinski definition) is 0. The van der Waals surface area contributed by atoms with Gasteiger partial charge < -0.3 is 9.47 Å². The Hall–Kier alpha value is -1.32. The van der Waals surface area contributed by atoms with Gasteiger partial charge in [0.15, 0.2) is 0 Å². The minimum absolute atomic E-state index is 0.211. The van der Waals surface area contributed by atoms with E-state index in [1.54, 1.807) is 0 Å². The smallest absolute Gasteiger partial charge is 0.330 e. The molecule has 1 fully saturated rings. The molecule has 1 heterocycles. The molecule has 1 atom stereocenters. The second kappa shape index (κ2) is 4.64. The van der Waals surface area contributed by atoms with E-state index in [9.17, 15) is 9.59 Å². The average Bonchev–Trinajstić information content (AvgIpc) is 2.31. The van der Waals surface area contributed by atoms with Crippen molar-refractivity contribution in [2.75, 3.05) is 6.61 Å². The van der Waals surface area contributed by atoms with Crippen LogP contribution < -0.4 is 0 Å². The van der Waals surface area contributed by atoms with E-state index in [0.29, 0.717) is 25.9 Å². The fourth-order valence-electron chi connectivity index (χ4n) is 1.13. The number of hydrogen-bond acceptors (Lipinski definition) is 4. The van der Waals surface area contributed by atoms with Crippen LogP contribution in [0.25, 0.3) is 0 Å². The van der Waals surface area contributed by atoms with Crippen molar-refractivity contribution in [1.82, 2.24) is 0 Å². The normalized spacial score (nSPS) is 22.8. The highest BCUT2D eigenvalue weighted by molar-refractivity contribution is 5.81. The van der Waals surface area contributed by atoms with Crippen LogP contribution in [0.3, 0.4) is 0 Å². The molecule has 0 bridgehead atoms. The molecule has 0 N–H and O–H groups in total. The first kappa shape index (κ1) is 9.77. The number of rotatable bonds is 2. The number of carbonyl (C=O) groups is 2. The van der Waals surface area contributed by atoms with Crippen LogP contribution >= 0.6 is 0 Å². The van der Waals surface area contributed by atoms with Crippen LogP contribution in [0.2, 0.25) is 0 Å². The zero-order chi connectivity index (χ0) is 9.68. The van der Waals surface area contributed by atoms with E-state index in [0.717, 1.165) is 6.08 Å². The molecule has 0 aromatic heterocycles. The maximum absolute atomic E-state index is 10.8. The molecule has 1 aliphatic heterocycles. The molecule has 0 spiro atoms. The van der Waals surface area contributed by atoms with Gasteiger partial charge in [-0.1, -0.05) is 6.58 Å². The van der Waals surface area contributed by atoms with Crippen molar-refractivity contribution in [3.05, 3.63) is 12.7 Å². The van der Waals surface area contributed by atoms with Gasteiger partial charge in [0.1, 0.15) is 6.10 Å². The largest absolute Gasteiger partial charge is 0.466 e. The first-order valence-electron chi connectivity index (χ1n) is 4.21. The summed E-state index contributed by atoms with van der Waals surface area (Å²) in [6.07, 6.45) is 2.34. The third kappa shape index (κ3) is 3.27. The lowest BCUT2D eigenvalue weighted by molar-refractivity contribution is -0.143. The molecule has 0 aromatic carbocycles. The van der Waals surface area contributed by atoms with E-state index in [4.69, 9.17) is 9.47 Å². The van der Waals surface area contributed by atoms with Gasteiger partial charge in [0.25, 0.3) is 0 Å². The van der Waals surface area contributed by atoms with E-state index in [1.807, 2.05) is 0 Å². The summed E-state index contributed by atoms with van der Waals surface area (Å²) in [6, 6.07) is 0. The monoisotopic (exact) mass is 184 g/mol. The summed E-state index contributed by atoms with van der Waals surface area (Å²) in [5.41, 5.74) is 0. The van der Waals surface area contributed by atoms with E-state index in [1.165, 1.54) is 0 Å². The van der Waals surface area contributed by atoms with Crippen LogP contribution in [0.1, 0.15) is 19.3 Å². The molecule has 72 valence electrons. The molecule has 0 radical (unpaired) electrons. The quantitative estimate of drug-likeness (QED) is 0.470. The van der Waals surface area contributed by atoms with E-state index in [2.05, 4.69) is 6.58 Å². The van der Waals surface area contributed by atoms with E-state index >= 15 is 0 Å². The average molecular weight is 184 g/mol. The van der Waals surface area contributed by atoms with Crippen molar-refractivity contribution in [1.29, 1.82) is 0 Å². The summed E-state index contributed by atoms with van der Waals surface area (Å²) in [7, 11) is 0. The van der Waals surface area contributed by atoms with Crippen LogP contribution in [0.15, 0.2) is 12.7 Å². The first-order valence-corrected chi connectivity index (χ1v) is 4.21. The summed E-state index contributed by atoms with van der Waals surface area (Å²) in [6.45, 7) is 3.62. The topological polar surface area (TPSA) is 52.6 Å². The molecule has 13 heavy (non-hydrogen) atoms. The molecule has 1 unspecified atom stereocenters. The van der Waals surface area contributed by atoms with Crippen molar-refractivity contribution in [2.24, 2.45) is 0 Å². The Labute approximate surface area is 76.5 Å². The summed E-state index contributed by atoms with van der Waals surface area (Å²) in [4.78, 5) is 21.6. The van der Waals surface area contributed by atoms with Crippen molar-refractivity contribution >= 4 is 11.9 Å². The molecule has 4 nitrogen and oxygen atoms in total. The third-order valence-corrected chi connectivity index (χ3v) is 1.82. The maximum Gasteiger partial charge on any atom is 0.330 e. The Morgan fingerprint density at radius 3 is 3.08 bits per heavy atom. The molecule has 1 saturated heterocycles. The van der Waals surface area contributed by atoms with Crippen LogP contribution in [0.4, 0.5) is 0 Å². The lowest BCUT2D eigenvalue weighted by atomic mass is 10.1. The molecular formula is C9H12O4. The Balaban J connectivity index is 2.37. The van der Waals surface area contributed by atoms with Gasteiger partial charge in [0, 0.05) is 18.9 Å². The summed E-state index contributed by atoms with van der Waals surface area (Å²) < 4.78 is 9.77.